The predicted molar refractivity (Wildman–Crippen MR) is 206 cm³/mol. The fraction of sp³-hybridized carbons (Fsp3) is 0.216. The molecule has 0 bridgehead atoms. The van der Waals surface area contributed by atoms with Crippen molar-refractivity contribution in [2.75, 3.05) is 0 Å². The van der Waals surface area contributed by atoms with Crippen LogP contribution in [0.4, 0.5) is 8.63 Å². The van der Waals surface area contributed by atoms with Crippen molar-refractivity contribution in [3.8, 4) is 39.0 Å². The van der Waals surface area contributed by atoms with E-state index in [2.05, 4.69) is 79.9 Å². The summed E-state index contributed by atoms with van der Waals surface area (Å²) in [5, 5.41) is 2.12. The molecule has 1 aliphatic rings. The Morgan fingerprint density at radius 2 is 1.23 bits per heavy atom. The molecule has 0 saturated heterocycles. The third-order valence-electron chi connectivity index (χ3n) is 8.91. The number of rotatable bonds is 9. The Balaban J connectivity index is 1.27. The molecule has 10 heteroatoms. The number of hydrogen-bond acceptors (Lipinski definition) is 6. The van der Waals surface area contributed by atoms with Crippen molar-refractivity contribution in [3.63, 3.8) is 0 Å². The monoisotopic (exact) mass is 714 g/mol. The maximum atomic E-state index is 14.8. The fourth-order valence-electron chi connectivity index (χ4n) is 6.66. The molecule has 2 nitrogen and oxygen atoms in total. The van der Waals surface area contributed by atoms with Crippen LogP contribution in [0.25, 0.3) is 44.6 Å². The lowest BCUT2D eigenvalue weighted by molar-refractivity contribution is 0.623. The molecule has 1 aliphatic heterocycles. The minimum Gasteiger partial charge on any atom is -0.329 e. The van der Waals surface area contributed by atoms with Crippen molar-refractivity contribution in [3.05, 3.63) is 110 Å². The highest BCUT2D eigenvalue weighted by atomic mass is 32.1. The lowest BCUT2D eigenvalue weighted by atomic mass is 9.96. The predicted octanol–water partition coefficient (Wildman–Crippen LogP) is 13.4. The van der Waals surface area contributed by atoms with Gasteiger partial charge in [-0.15, -0.1) is 56.7 Å². The van der Waals surface area contributed by atoms with E-state index < -0.39 is 7.40 Å². The summed E-state index contributed by atoms with van der Waals surface area (Å²) in [6.45, 7) is 12.1. The zero-order chi connectivity index (χ0) is 33.0. The van der Waals surface area contributed by atoms with E-state index >= 15 is 0 Å². The smallest absolute Gasteiger partial charge is 0.329 e. The van der Waals surface area contributed by atoms with Gasteiger partial charge in [-0.3, -0.25) is 13.6 Å². The van der Waals surface area contributed by atoms with E-state index in [-0.39, 0.29) is 0 Å². The van der Waals surface area contributed by atoms with Crippen LogP contribution in [0.3, 0.4) is 0 Å². The first kappa shape index (κ1) is 32.4. The van der Waals surface area contributed by atoms with Crippen molar-refractivity contribution >= 4 is 75.4 Å². The second-order valence-electron chi connectivity index (χ2n) is 11.5. The van der Waals surface area contributed by atoms with Crippen LogP contribution < -0.4 is 0 Å². The van der Waals surface area contributed by atoms with Gasteiger partial charge in [0.1, 0.15) is 0 Å². The topological polar surface area (TPSA) is 17.3 Å². The number of nitrogens with zero attached hydrogens (tertiary/aromatic N) is 2. The van der Waals surface area contributed by atoms with E-state index in [1.165, 1.54) is 44.2 Å². The van der Waals surface area contributed by atoms with Gasteiger partial charge < -0.3 is 4.48 Å². The van der Waals surface area contributed by atoms with Gasteiger partial charge in [0.05, 0.1) is 5.70 Å². The first-order chi connectivity index (χ1) is 22.7. The minimum atomic E-state index is -2.65. The molecule has 7 heterocycles. The molecule has 0 fully saturated rings. The van der Waals surface area contributed by atoms with Crippen molar-refractivity contribution in [2.45, 2.75) is 54.4 Å². The van der Waals surface area contributed by atoms with Crippen molar-refractivity contribution in [2.24, 2.45) is 4.99 Å². The van der Waals surface area contributed by atoms with Crippen molar-refractivity contribution in [1.29, 1.82) is 0 Å². The quantitative estimate of drug-likeness (QED) is 0.133. The highest BCUT2D eigenvalue weighted by Gasteiger charge is 2.33. The molecule has 6 aromatic rings. The number of aromatic nitrogens is 1. The number of hydrogen-bond donors (Lipinski definition) is 0. The molecule has 7 rings (SSSR count). The van der Waals surface area contributed by atoms with E-state index in [1.54, 1.807) is 34.0 Å². The lowest BCUT2D eigenvalue weighted by Crippen LogP contribution is -2.18. The summed E-state index contributed by atoms with van der Waals surface area (Å²) in [7, 11) is -2.65. The van der Waals surface area contributed by atoms with E-state index in [0.29, 0.717) is 17.8 Å². The lowest BCUT2D eigenvalue weighted by Gasteiger charge is -2.15. The third kappa shape index (κ3) is 5.72. The standard InChI is InChI=1S/C37H33BF2N2S5/c1-7-24-20(3)36(41-22(24)5)35(37-21(4)25(8-2)23(6)42(37)38(39)40)34-18-17-33(47-34)32-16-15-31(46-32)30-14-13-29(45-30)28-12-11-27(44-28)26-10-9-19-43-26/h9-19H,7-8H2,1-6H3/b36-35-. The van der Waals surface area contributed by atoms with E-state index in [0.717, 1.165) is 49.9 Å². The maximum absolute atomic E-state index is 14.8. The van der Waals surface area contributed by atoms with E-state index in [4.69, 9.17) is 4.99 Å². The van der Waals surface area contributed by atoms with Gasteiger partial charge in [-0.05, 0) is 123 Å². The molecular formula is C37H33BF2N2S5. The van der Waals surface area contributed by atoms with Gasteiger partial charge in [0.2, 0.25) is 0 Å². The molecule has 0 unspecified atom stereocenters. The summed E-state index contributed by atoms with van der Waals surface area (Å²) in [5.74, 6) is 0. The van der Waals surface area contributed by atoms with Crippen molar-refractivity contribution < 1.29 is 8.63 Å². The fourth-order valence-corrected chi connectivity index (χ4v) is 11.8. The van der Waals surface area contributed by atoms with Crippen LogP contribution in [0.1, 0.15) is 61.5 Å². The highest BCUT2D eigenvalue weighted by molar-refractivity contribution is 7.29. The zero-order valence-electron chi connectivity index (χ0n) is 27.0. The van der Waals surface area contributed by atoms with Crippen LogP contribution >= 0.6 is 56.7 Å². The Morgan fingerprint density at radius 3 is 1.70 bits per heavy atom. The molecule has 0 radical (unpaired) electrons. The Bertz CT molecular complexity index is 2200. The van der Waals surface area contributed by atoms with E-state index in [9.17, 15) is 8.63 Å². The Morgan fingerprint density at radius 1 is 0.702 bits per heavy atom. The average molecular weight is 715 g/mol. The SMILES string of the molecule is CCC1=C(C)/C(=C(\c2ccc(-c3ccc(-c4ccc(-c5ccc(-c6cccs6)s5)s4)s3)s2)c2c(C)c(CC)c(C)n2B(F)F)N=C1C. The van der Waals surface area contributed by atoms with Crippen LogP contribution in [0.15, 0.2) is 87.9 Å². The van der Waals surface area contributed by atoms with Gasteiger partial charge >= 0.3 is 7.40 Å². The van der Waals surface area contributed by atoms with Crippen molar-refractivity contribution in [1.82, 2.24) is 4.48 Å². The summed E-state index contributed by atoms with van der Waals surface area (Å²) in [6.07, 6.45) is 1.55. The number of allylic oxidation sites excluding steroid dienone is 2. The molecule has 0 amide bonds. The van der Waals surface area contributed by atoms with Gasteiger partial charge in [-0.2, -0.15) is 0 Å². The molecule has 0 aliphatic carbocycles. The number of thiophene rings is 5. The third-order valence-corrected chi connectivity index (χ3v) is 14.9. The van der Waals surface area contributed by atoms with Gasteiger partial charge in [0.25, 0.3) is 0 Å². The number of halogens is 2. The largest absolute Gasteiger partial charge is 0.677 e. The molecule has 0 spiro atoms. The second kappa shape index (κ2) is 13.0. The summed E-state index contributed by atoms with van der Waals surface area (Å²) in [6, 6.07) is 21.8. The van der Waals surface area contributed by atoms with Crippen LogP contribution in [0.2, 0.25) is 0 Å². The second-order valence-corrected chi connectivity index (χ2v) is 16.8. The molecule has 6 aromatic heterocycles. The average Bonchev–Trinajstić information content (AvgIpc) is 3.88. The Kier molecular flexibility index (Phi) is 9.00. The first-order valence-corrected chi connectivity index (χ1v) is 19.8. The van der Waals surface area contributed by atoms with Crippen LogP contribution in [-0.2, 0) is 6.42 Å². The zero-order valence-corrected chi connectivity index (χ0v) is 31.1. The molecule has 0 atom stereocenters. The molecular weight excluding hydrogens is 682 g/mol. The van der Waals surface area contributed by atoms with Gasteiger partial charge in [0.15, 0.2) is 0 Å². The highest BCUT2D eigenvalue weighted by Crippen LogP contribution is 2.47. The molecule has 0 saturated carbocycles. The summed E-state index contributed by atoms with van der Waals surface area (Å²) in [4.78, 5) is 15.9. The molecule has 47 heavy (non-hydrogen) atoms. The molecule has 238 valence electrons. The van der Waals surface area contributed by atoms with Gasteiger partial charge in [-0.1, -0.05) is 19.9 Å². The molecule has 0 N–H and O–H groups in total. The molecule has 0 aromatic carbocycles. The van der Waals surface area contributed by atoms with Gasteiger partial charge in [-0.25, -0.2) is 0 Å². The van der Waals surface area contributed by atoms with E-state index in [1.807, 2.05) is 50.4 Å². The van der Waals surface area contributed by atoms with Crippen LogP contribution in [0.5, 0.6) is 0 Å². The summed E-state index contributed by atoms with van der Waals surface area (Å²) < 4.78 is 30.8. The maximum Gasteiger partial charge on any atom is 0.677 e. The minimum absolute atomic E-state index is 0.583. The summed E-state index contributed by atoms with van der Waals surface area (Å²) in [5.41, 5.74) is 7.96. The number of aliphatic imine (C=N–C) groups is 1. The Labute approximate surface area is 295 Å². The summed E-state index contributed by atoms with van der Waals surface area (Å²) >= 11 is 8.87. The first-order valence-electron chi connectivity index (χ1n) is 15.6. The van der Waals surface area contributed by atoms with Gasteiger partial charge in [0, 0.05) is 66.6 Å². The van der Waals surface area contributed by atoms with Crippen LogP contribution in [0, 0.1) is 13.8 Å². The Hall–Kier alpha value is -3.15. The normalized spacial score (nSPS) is 14.4. The van der Waals surface area contributed by atoms with Crippen LogP contribution in [-0.4, -0.2) is 17.6 Å².